The quantitative estimate of drug-likeness (QED) is 0.686. The van der Waals surface area contributed by atoms with Crippen molar-refractivity contribution in [2.45, 2.75) is 25.4 Å². The molecule has 0 aromatic heterocycles. The van der Waals surface area contributed by atoms with E-state index in [-0.39, 0.29) is 12.7 Å². The molecule has 84 valence electrons. The molecule has 15 heavy (non-hydrogen) atoms. The Morgan fingerprint density at radius 3 is 2.73 bits per heavy atom. The summed E-state index contributed by atoms with van der Waals surface area (Å²) in [6.07, 6.45) is 2.56. The van der Waals surface area contributed by atoms with E-state index in [2.05, 4.69) is 11.0 Å². The second kappa shape index (κ2) is 6.38. The van der Waals surface area contributed by atoms with Crippen LogP contribution >= 0.6 is 0 Å². The summed E-state index contributed by atoms with van der Waals surface area (Å²) in [5.41, 5.74) is 4.99. The fraction of sp³-hybridized carbons (Fsp3) is 0.800. The Balaban J connectivity index is 2.13. The summed E-state index contributed by atoms with van der Waals surface area (Å²) in [6.45, 7) is 2.72. The second-order valence-corrected chi connectivity index (χ2v) is 3.73. The summed E-state index contributed by atoms with van der Waals surface area (Å²) >= 11 is 0. The highest BCUT2D eigenvalue weighted by Gasteiger charge is 2.19. The van der Waals surface area contributed by atoms with E-state index in [0.717, 1.165) is 32.5 Å². The predicted octanol–water partition coefficient (Wildman–Crippen LogP) is -0.134. The maximum absolute atomic E-state index is 10.5. The molecule has 0 saturated carbocycles. The number of piperidine rings is 1. The summed E-state index contributed by atoms with van der Waals surface area (Å²) < 4.78 is 5.33. The van der Waals surface area contributed by atoms with Gasteiger partial charge in [0.1, 0.15) is 6.61 Å². The third-order valence-electron chi connectivity index (χ3n) is 2.54. The second-order valence-electron chi connectivity index (χ2n) is 3.73. The number of hydrogen-bond acceptors (Lipinski definition) is 4. The first-order valence-corrected chi connectivity index (χ1v) is 5.21. The van der Waals surface area contributed by atoms with Crippen molar-refractivity contribution in [3.8, 4) is 6.07 Å². The number of carbonyl (C=O) groups is 1. The Morgan fingerprint density at radius 1 is 1.53 bits per heavy atom. The van der Waals surface area contributed by atoms with Gasteiger partial charge >= 0.3 is 0 Å². The molecule has 2 N–H and O–H groups in total. The van der Waals surface area contributed by atoms with Gasteiger partial charge in [0.15, 0.2) is 0 Å². The Kier molecular flexibility index (Phi) is 5.08. The zero-order chi connectivity index (χ0) is 11.1. The molecule has 1 amide bonds. The lowest BCUT2D eigenvalue weighted by Gasteiger charge is -2.30. The van der Waals surface area contributed by atoms with Gasteiger partial charge in [-0.05, 0) is 12.8 Å². The maximum atomic E-state index is 10.5. The van der Waals surface area contributed by atoms with E-state index in [9.17, 15) is 4.79 Å². The summed E-state index contributed by atoms with van der Waals surface area (Å²) in [4.78, 5) is 12.7. The Bertz CT molecular complexity index is 242. The smallest absolute Gasteiger partial charge is 0.243 e. The molecule has 0 radical (unpaired) electrons. The third kappa shape index (κ3) is 4.77. The maximum Gasteiger partial charge on any atom is 0.243 e. The van der Waals surface area contributed by atoms with E-state index in [4.69, 9.17) is 15.7 Å². The number of primary amides is 1. The number of nitrogens with two attached hydrogens (primary N) is 1. The van der Waals surface area contributed by atoms with E-state index >= 15 is 0 Å². The van der Waals surface area contributed by atoms with Crippen molar-refractivity contribution in [3.05, 3.63) is 0 Å². The van der Waals surface area contributed by atoms with Crippen molar-refractivity contribution in [1.82, 2.24) is 4.90 Å². The molecule has 1 aliphatic rings. The number of ether oxygens (including phenoxy) is 1. The van der Waals surface area contributed by atoms with E-state index < -0.39 is 5.91 Å². The van der Waals surface area contributed by atoms with Crippen LogP contribution in [0.25, 0.3) is 0 Å². The highest BCUT2D eigenvalue weighted by molar-refractivity contribution is 5.75. The van der Waals surface area contributed by atoms with Gasteiger partial charge in [0, 0.05) is 26.1 Å². The van der Waals surface area contributed by atoms with Crippen molar-refractivity contribution < 1.29 is 9.53 Å². The van der Waals surface area contributed by atoms with Crippen LogP contribution in [0, 0.1) is 11.3 Å². The van der Waals surface area contributed by atoms with E-state index in [1.54, 1.807) is 0 Å². The van der Waals surface area contributed by atoms with Crippen LogP contribution in [0.5, 0.6) is 0 Å². The van der Waals surface area contributed by atoms with Gasteiger partial charge < -0.3 is 15.4 Å². The van der Waals surface area contributed by atoms with Crippen LogP contribution in [-0.4, -0.2) is 43.2 Å². The van der Waals surface area contributed by atoms with E-state index in [0.29, 0.717) is 6.42 Å². The molecule has 1 saturated heterocycles. The lowest BCUT2D eigenvalue weighted by molar-refractivity contribution is -0.125. The van der Waals surface area contributed by atoms with Gasteiger partial charge in [0.05, 0.1) is 12.2 Å². The summed E-state index contributed by atoms with van der Waals surface area (Å²) in [7, 11) is 0. The molecule has 1 heterocycles. The highest BCUT2D eigenvalue weighted by atomic mass is 16.5. The molecule has 0 spiro atoms. The van der Waals surface area contributed by atoms with Crippen LogP contribution in [0.3, 0.4) is 0 Å². The SMILES string of the molecule is N#CCCN1CCC(OCC(N)=O)CC1. The number of likely N-dealkylation sites (tertiary alicyclic amines) is 1. The average Bonchev–Trinajstić information content (AvgIpc) is 2.25. The number of nitriles is 1. The van der Waals surface area contributed by atoms with E-state index in [1.165, 1.54) is 0 Å². The zero-order valence-corrected chi connectivity index (χ0v) is 8.82. The van der Waals surface area contributed by atoms with E-state index in [1.807, 2.05) is 0 Å². The van der Waals surface area contributed by atoms with Gasteiger partial charge in [-0.1, -0.05) is 0 Å². The molecule has 0 bridgehead atoms. The Hall–Kier alpha value is -1.12. The van der Waals surface area contributed by atoms with Crippen LogP contribution in [0.2, 0.25) is 0 Å². The van der Waals surface area contributed by atoms with Crippen molar-refractivity contribution in [1.29, 1.82) is 5.26 Å². The van der Waals surface area contributed by atoms with Gasteiger partial charge in [0.2, 0.25) is 5.91 Å². The molecular weight excluding hydrogens is 194 g/mol. The van der Waals surface area contributed by atoms with Crippen LogP contribution in [-0.2, 0) is 9.53 Å². The summed E-state index contributed by atoms with van der Waals surface area (Å²) in [5, 5.41) is 8.44. The van der Waals surface area contributed by atoms with Gasteiger partial charge in [-0.15, -0.1) is 0 Å². The van der Waals surface area contributed by atoms with Gasteiger partial charge in [-0.25, -0.2) is 0 Å². The van der Waals surface area contributed by atoms with Crippen molar-refractivity contribution in [2.24, 2.45) is 5.73 Å². The lowest BCUT2D eigenvalue weighted by atomic mass is 10.1. The first-order chi connectivity index (χ1) is 7.22. The standard InChI is InChI=1S/C10H17N3O2/c11-4-1-5-13-6-2-9(3-7-13)15-8-10(12)14/h9H,1-3,5-8H2,(H2,12,14). The molecule has 0 unspecified atom stereocenters. The molecule has 1 aliphatic heterocycles. The zero-order valence-electron chi connectivity index (χ0n) is 8.82. The Morgan fingerprint density at radius 2 is 2.20 bits per heavy atom. The first-order valence-electron chi connectivity index (χ1n) is 5.21. The fourth-order valence-corrected chi connectivity index (χ4v) is 1.71. The minimum atomic E-state index is -0.415. The molecule has 0 aromatic carbocycles. The van der Waals surface area contributed by atoms with Crippen LogP contribution in [0.4, 0.5) is 0 Å². The van der Waals surface area contributed by atoms with Gasteiger partial charge in [-0.2, -0.15) is 5.26 Å². The molecule has 5 heteroatoms. The van der Waals surface area contributed by atoms with Crippen LogP contribution in [0.1, 0.15) is 19.3 Å². The lowest BCUT2D eigenvalue weighted by Crippen LogP contribution is -2.38. The van der Waals surface area contributed by atoms with Crippen LogP contribution in [0.15, 0.2) is 0 Å². The fourth-order valence-electron chi connectivity index (χ4n) is 1.71. The normalized spacial score (nSPS) is 18.6. The number of rotatable bonds is 5. The molecule has 0 atom stereocenters. The number of nitrogens with zero attached hydrogens (tertiary/aromatic N) is 2. The number of carbonyl (C=O) groups excluding carboxylic acids is 1. The molecule has 5 nitrogen and oxygen atoms in total. The molecule has 1 rings (SSSR count). The largest absolute Gasteiger partial charge is 0.368 e. The molecule has 0 aromatic rings. The minimum absolute atomic E-state index is 0.0167. The number of hydrogen-bond donors (Lipinski definition) is 1. The monoisotopic (exact) mass is 211 g/mol. The first kappa shape index (κ1) is 12.0. The predicted molar refractivity (Wildman–Crippen MR) is 54.8 cm³/mol. The van der Waals surface area contributed by atoms with Gasteiger partial charge in [0.25, 0.3) is 0 Å². The van der Waals surface area contributed by atoms with Crippen LogP contribution < -0.4 is 5.73 Å². The molecule has 1 fully saturated rings. The molecule has 0 aliphatic carbocycles. The van der Waals surface area contributed by atoms with Crippen molar-refractivity contribution >= 4 is 5.91 Å². The summed E-state index contributed by atoms with van der Waals surface area (Å²) in [6, 6.07) is 2.13. The minimum Gasteiger partial charge on any atom is -0.368 e. The summed E-state index contributed by atoms with van der Waals surface area (Å²) in [5.74, 6) is -0.415. The highest BCUT2D eigenvalue weighted by Crippen LogP contribution is 2.13. The molecular formula is C10H17N3O2. The average molecular weight is 211 g/mol. The third-order valence-corrected chi connectivity index (χ3v) is 2.54. The number of amides is 1. The van der Waals surface area contributed by atoms with Gasteiger partial charge in [-0.3, -0.25) is 4.79 Å². The topological polar surface area (TPSA) is 79.3 Å². The Labute approximate surface area is 89.8 Å². The van der Waals surface area contributed by atoms with Crippen molar-refractivity contribution in [2.75, 3.05) is 26.2 Å². The van der Waals surface area contributed by atoms with Crippen molar-refractivity contribution in [3.63, 3.8) is 0 Å².